The highest BCUT2D eigenvalue weighted by molar-refractivity contribution is 5.60. The van der Waals surface area contributed by atoms with Crippen LogP contribution >= 0.6 is 0 Å². The number of benzene rings is 1. The molecular formula is C13H15N5O. The van der Waals surface area contributed by atoms with Crippen LogP contribution in [0.2, 0.25) is 0 Å². The monoisotopic (exact) mass is 257 g/mol. The number of aromatic nitrogens is 3. The van der Waals surface area contributed by atoms with Crippen LogP contribution in [0.4, 0.5) is 17.2 Å². The van der Waals surface area contributed by atoms with Gasteiger partial charge in [-0.05, 0) is 37.1 Å². The fourth-order valence-electron chi connectivity index (χ4n) is 2.25. The number of aromatic amines is 1. The molecule has 0 unspecified atom stereocenters. The zero-order valence-corrected chi connectivity index (χ0v) is 10.5. The summed E-state index contributed by atoms with van der Waals surface area (Å²) in [6, 6.07) is 8.12. The molecule has 1 aromatic heterocycles. The maximum absolute atomic E-state index is 11.0. The topological polar surface area (TPSA) is 73.9 Å². The molecule has 1 fully saturated rings. The Labute approximate surface area is 110 Å². The van der Waals surface area contributed by atoms with Gasteiger partial charge in [0.25, 0.3) is 0 Å². The summed E-state index contributed by atoms with van der Waals surface area (Å²) in [6.45, 7) is 2.26. The van der Waals surface area contributed by atoms with Crippen molar-refractivity contribution < 1.29 is 0 Å². The first-order valence-electron chi connectivity index (χ1n) is 6.35. The second kappa shape index (κ2) is 5.09. The molecule has 2 heterocycles. The third-order valence-corrected chi connectivity index (χ3v) is 3.18. The Hall–Kier alpha value is -2.37. The molecule has 98 valence electrons. The van der Waals surface area contributed by atoms with Crippen molar-refractivity contribution in [2.24, 2.45) is 0 Å². The number of anilines is 3. The lowest BCUT2D eigenvalue weighted by Gasteiger charge is -2.17. The summed E-state index contributed by atoms with van der Waals surface area (Å²) in [5, 5.41) is 8.98. The first kappa shape index (κ1) is 11.7. The van der Waals surface area contributed by atoms with Gasteiger partial charge >= 0.3 is 5.69 Å². The number of hydrogen-bond acceptors (Lipinski definition) is 5. The van der Waals surface area contributed by atoms with E-state index in [4.69, 9.17) is 0 Å². The summed E-state index contributed by atoms with van der Waals surface area (Å²) in [7, 11) is 0. The van der Waals surface area contributed by atoms with Crippen LogP contribution < -0.4 is 15.9 Å². The molecule has 2 N–H and O–H groups in total. The van der Waals surface area contributed by atoms with Crippen molar-refractivity contribution in [3.63, 3.8) is 0 Å². The van der Waals surface area contributed by atoms with Crippen molar-refractivity contribution >= 4 is 17.2 Å². The summed E-state index contributed by atoms with van der Waals surface area (Å²) >= 11 is 0. The lowest BCUT2D eigenvalue weighted by Crippen LogP contribution is -2.17. The predicted molar refractivity (Wildman–Crippen MR) is 73.8 cm³/mol. The van der Waals surface area contributed by atoms with Gasteiger partial charge in [0.15, 0.2) is 5.82 Å². The van der Waals surface area contributed by atoms with Gasteiger partial charge in [-0.1, -0.05) is 0 Å². The second-order valence-corrected chi connectivity index (χ2v) is 4.54. The van der Waals surface area contributed by atoms with Crippen LogP contribution in [0, 0.1) is 0 Å². The van der Waals surface area contributed by atoms with Crippen molar-refractivity contribution in [2.45, 2.75) is 12.8 Å². The van der Waals surface area contributed by atoms with Crippen molar-refractivity contribution in [3.8, 4) is 0 Å². The third kappa shape index (κ3) is 2.73. The minimum Gasteiger partial charge on any atom is -0.372 e. The maximum atomic E-state index is 11.0. The van der Waals surface area contributed by atoms with Gasteiger partial charge in [-0.25, -0.2) is 9.89 Å². The Kier molecular flexibility index (Phi) is 3.14. The third-order valence-electron chi connectivity index (χ3n) is 3.18. The minimum atomic E-state index is -0.460. The van der Waals surface area contributed by atoms with E-state index in [0.29, 0.717) is 5.82 Å². The van der Waals surface area contributed by atoms with Gasteiger partial charge in [0.1, 0.15) is 0 Å². The first-order valence-corrected chi connectivity index (χ1v) is 6.35. The van der Waals surface area contributed by atoms with Crippen molar-refractivity contribution in [2.75, 3.05) is 23.3 Å². The van der Waals surface area contributed by atoms with E-state index in [1.807, 2.05) is 12.1 Å². The molecule has 1 aromatic carbocycles. The average molecular weight is 257 g/mol. The highest BCUT2D eigenvalue weighted by Crippen LogP contribution is 2.22. The van der Waals surface area contributed by atoms with Crippen LogP contribution in [-0.4, -0.2) is 28.3 Å². The van der Waals surface area contributed by atoms with E-state index in [0.717, 1.165) is 18.8 Å². The predicted octanol–water partition coefficient (Wildman–Crippen LogP) is 1.51. The maximum Gasteiger partial charge on any atom is 0.363 e. The minimum absolute atomic E-state index is 0.442. The van der Waals surface area contributed by atoms with Gasteiger partial charge in [-0.3, -0.25) is 0 Å². The number of hydrogen-bond donors (Lipinski definition) is 2. The van der Waals surface area contributed by atoms with E-state index < -0.39 is 5.69 Å². The second-order valence-electron chi connectivity index (χ2n) is 4.54. The quantitative estimate of drug-likeness (QED) is 0.871. The molecule has 0 saturated carbocycles. The lowest BCUT2D eigenvalue weighted by molar-refractivity contribution is 0.918. The SMILES string of the molecule is O=c1nc(Nc2ccc(N3CCCC3)cc2)cn[nH]1. The van der Waals surface area contributed by atoms with E-state index in [-0.39, 0.29) is 0 Å². The lowest BCUT2D eigenvalue weighted by atomic mass is 10.2. The van der Waals surface area contributed by atoms with Crippen molar-refractivity contribution in [1.29, 1.82) is 0 Å². The molecule has 0 bridgehead atoms. The molecule has 0 atom stereocenters. The smallest absolute Gasteiger partial charge is 0.363 e. The van der Waals surface area contributed by atoms with Crippen molar-refractivity contribution in [1.82, 2.24) is 15.2 Å². The van der Waals surface area contributed by atoms with E-state index in [1.165, 1.54) is 24.7 Å². The summed E-state index contributed by atoms with van der Waals surface area (Å²) in [5.74, 6) is 0.442. The fourth-order valence-corrected chi connectivity index (χ4v) is 2.25. The highest BCUT2D eigenvalue weighted by atomic mass is 16.1. The number of H-pyrrole nitrogens is 1. The molecule has 1 aliphatic heterocycles. The van der Waals surface area contributed by atoms with Crippen LogP contribution in [-0.2, 0) is 0 Å². The van der Waals surface area contributed by atoms with E-state index in [9.17, 15) is 4.79 Å². The number of rotatable bonds is 3. The molecule has 2 aromatic rings. The summed E-state index contributed by atoms with van der Waals surface area (Å²) in [5.41, 5.74) is 1.67. The average Bonchev–Trinajstić information content (AvgIpc) is 2.94. The largest absolute Gasteiger partial charge is 0.372 e. The van der Waals surface area contributed by atoms with Crippen LogP contribution in [0.25, 0.3) is 0 Å². The van der Waals surface area contributed by atoms with Gasteiger partial charge in [0.2, 0.25) is 0 Å². The first-order chi connectivity index (χ1) is 9.31. The van der Waals surface area contributed by atoms with Crippen LogP contribution in [0.15, 0.2) is 35.3 Å². The van der Waals surface area contributed by atoms with Gasteiger partial charge in [-0.2, -0.15) is 10.1 Å². The molecule has 6 nitrogen and oxygen atoms in total. The molecule has 1 aliphatic rings. The van der Waals surface area contributed by atoms with Gasteiger partial charge in [0, 0.05) is 24.5 Å². The van der Waals surface area contributed by atoms with E-state index in [1.54, 1.807) is 0 Å². The van der Waals surface area contributed by atoms with Crippen LogP contribution in [0.1, 0.15) is 12.8 Å². The van der Waals surface area contributed by atoms with Crippen LogP contribution in [0.5, 0.6) is 0 Å². The molecule has 19 heavy (non-hydrogen) atoms. The molecular weight excluding hydrogens is 242 g/mol. The van der Waals surface area contributed by atoms with Crippen molar-refractivity contribution in [3.05, 3.63) is 40.9 Å². The van der Waals surface area contributed by atoms with Gasteiger partial charge in [-0.15, -0.1) is 0 Å². The summed E-state index contributed by atoms with van der Waals surface area (Å²) in [6.07, 6.45) is 4.01. The molecule has 0 aliphatic carbocycles. The van der Waals surface area contributed by atoms with Gasteiger partial charge in [0.05, 0.1) is 6.20 Å². The Morgan fingerprint density at radius 3 is 2.58 bits per heavy atom. The molecule has 0 amide bonds. The Morgan fingerprint density at radius 1 is 1.16 bits per heavy atom. The zero-order chi connectivity index (χ0) is 13.1. The Bertz CT molecular complexity index is 601. The van der Waals surface area contributed by atoms with Crippen LogP contribution in [0.3, 0.4) is 0 Å². The standard InChI is InChI=1S/C13H15N5O/c19-13-16-12(9-14-17-13)15-10-3-5-11(6-4-10)18-7-1-2-8-18/h3-6,9H,1-2,7-8H2,(H2,15,16,17,19). The zero-order valence-electron chi connectivity index (χ0n) is 10.5. The molecule has 1 saturated heterocycles. The summed E-state index contributed by atoms with van der Waals surface area (Å²) < 4.78 is 0. The normalized spacial score (nSPS) is 14.6. The number of nitrogens with one attached hydrogen (secondary N) is 2. The molecule has 0 spiro atoms. The fraction of sp³-hybridized carbons (Fsp3) is 0.308. The molecule has 0 radical (unpaired) electrons. The van der Waals surface area contributed by atoms with Gasteiger partial charge < -0.3 is 10.2 Å². The highest BCUT2D eigenvalue weighted by Gasteiger charge is 2.11. The Balaban J connectivity index is 1.73. The van der Waals surface area contributed by atoms with E-state index >= 15 is 0 Å². The number of nitrogens with zero attached hydrogens (tertiary/aromatic N) is 3. The van der Waals surface area contributed by atoms with E-state index in [2.05, 4.69) is 37.5 Å². The molecule has 3 rings (SSSR count). The summed E-state index contributed by atoms with van der Waals surface area (Å²) in [4.78, 5) is 17.2. The Morgan fingerprint density at radius 2 is 1.89 bits per heavy atom. The molecule has 6 heteroatoms.